The first-order valence-electron chi connectivity index (χ1n) is 24.1. The zero-order valence-corrected chi connectivity index (χ0v) is 43.2. The summed E-state index contributed by atoms with van der Waals surface area (Å²) in [4.78, 5) is 50.5. The van der Waals surface area contributed by atoms with Gasteiger partial charge in [-0.15, -0.1) is 0 Å². The van der Waals surface area contributed by atoms with Crippen molar-refractivity contribution < 1.29 is 38.4 Å². The maximum Gasteiger partial charge on any atom is 0.415 e. The number of ether oxygens (including phenoxy) is 4. The van der Waals surface area contributed by atoms with Crippen molar-refractivity contribution in [3.63, 3.8) is 0 Å². The first kappa shape index (κ1) is 55.2. The predicted octanol–water partition coefficient (Wildman–Crippen LogP) is 11.6. The summed E-state index contributed by atoms with van der Waals surface area (Å²) in [5.74, 6) is 0.867. The number of hydrogen-bond donors (Lipinski definition) is 1. The highest BCUT2D eigenvalue weighted by Crippen LogP contribution is 2.46. The number of carbonyl (C=O) groups is 3. The van der Waals surface area contributed by atoms with E-state index in [1.165, 1.54) is 16.0 Å². The zero-order valence-electron chi connectivity index (χ0n) is 43.2. The van der Waals surface area contributed by atoms with Crippen LogP contribution in [0.4, 0.5) is 21.0 Å². The van der Waals surface area contributed by atoms with E-state index >= 15 is 0 Å². The van der Waals surface area contributed by atoms with E-state index in [2.05, 4.69) is 34.2 Å². The third-order valence-corrected chi connectivity index (χ3v) is 11.5. The average Bonchev–Trinajstić information content (AvgIpc) is 4.25. The molecule has 1 N–H and O–H groups in total. The summed E-state index contributed by atoms with van der Waals surface area (Å²) >= 11 is 0. The number of aryl methyl sites for hydroxylation is 2. The van der Waals surface area contributed by atoms with Crippen LogP contribution in [0.5, 0.6) is 11.5 Å². The fourth-order valence-corrected chi connectivity index (χ4v) is 7.71. The molecule has 1 atom stereocenters. The van der Waals surface area contributed by atoms with Crippen LogP contribution in [0.2, 0.25) is 0 Å². The average molecular weight is 1010 g/mol. The third kappa shape index (κ3) is 15.2. The molecule has 1 aliphatic rings. The highest BCUT2D eigenvalue weighted by molar-refractivity contribution is 5.90. The molecule has 2 aromatic heterocycles. The van der Waals surface area contributed by atoms with Crippen molar-refractivity contribution in [3.8, 4) is 35.8 Å². The molecule has 1 fully saturated rings. The molecule has 4 aromatic carbocycles. The standard InChI is InChI=1S/C31H32N4O4.C28H26N4O4/c1-20-29(38-19-23-7-5-6-22(14-23)16-33)27(28(36)24-10-11-24)25(17-34-20)18-35(30(37)39-31(2,3)4)26-12-8-21(15-32)9-13-26;1-19-26(35-18-22-7-5-6-21(12-22)14-30)25(17-33)23(15-31-19)16-32(27(34)36-28(2,3)4)24-10-8-20(13-29)9-11-24/h5-9,12-14,17,24,28,36H,10-11,18-19H2,1-4H3;5-12,15,17H,16,18H2,1-4H3. The minimum Gasteiger partial charge on any atom is -0.487 e. The molecule has 1 saturated carbocycles. The van der Waals surface area contributed by atoms with Gasteiger partial charge in [0, 0.05) is 34.9 Å². The van der Waals surface area contributed by atoms with Crippen molar-refractivity contribution in [2.24, 2.45) is 5.92 Å². The summed E-state index contributed by atoms with van der Waals surface area (Å²) in [7, 11) is 0. The molecule has 1 aliphatic carbocycles. The van der Waals surface area contributed by atoms with Crippen molar-refractivity contribution in [3.05, 3.63) is 176 Å². The van der Waals surface area contributed by atoms with Gasteiger partial charge in [-0.1, -0.05) is 24.3 Å². The van der Waals surface area contributed by atoms with Gasteiger partial charge in [-0.25, -0.2) is 9.59 Å². The molecule has 75 heavy (non-hydrogen) atoms. The molecule has 6 aromatic rings. The number of amides is 2. The van der Waals surface area contributed by atoms with E-state index < -0.39 is 29.5 Å². The Morgan fingerprint density at radius 2 is 1.05 bits per heavy atom. The van der Waals surface area contributed by atoms with Gasteiger partial charge in [0.15, 0.2) is 12.0 Å². The van der Waals surface area contributed by atoms with Gasteiger partial charge < -0.3 is 24.1 Å². The smallest absolute Gasteiger partial charge is 0.415 e. The fraction of sp³-hybridized carbons (Fsp3) is 0.305. The quantitative estimate of drug-likeness (QED) is 0.0942. The largest absolute Gasteiger partial charge is 0.487 e. The Morgan fingerprint density at radius 3 is 1.47 bits per heavy atom. The van der Waals surface area contributed by atoms with Crippen molar-refractivity contribution in [2.45, 2.75) is 112 Å². The summed E-state index contributed by atoms with van der Waals surface area (Å²) < 4.78 is 23.5. The van der Waals surface area contributed by atoms with Crippen LogP contribution in [0.1, 0.15) is 132 Å². The topological polar surface area (TPSA) is 236 Å². The number of nitrogens with zero attached hydrogens (tertiary/aromatic N) is 8. The number of aromatic nitrogens is 2. The van der Waals surface area contributed by atoms with E-state index in [0.29, 0.717) is 79.5 Å². The summed E-state index contributed by atoms with van der Waals surface area (Å²) in [6, 6.07) is 35.7. The van der Waals surface area contributed by atoms with Crippen LogP contribution < -0.4 is 19.3 Å². The van der Waals surface area contributed by atoms with Gasteiger partial charge in [-0.3, -0.25) is 24.6 Å². The number of nitriles is 4. The number of aliphatic hydroxyl groups is 1. The van der Waals surface area contributed by atoms with E-state index in [1.807, 2.05) is 19.1 Å². The van der Waals surface area contributed by atoms with Crippen molar-refractivity contribution in [1.29, 1.82) is 21.0 Å². The van der Waals surface area contributed by atoms with Crippen molar-refractivity contribution in [2.75, 3.05) is 9.80 Å². The fourth-order valence-electron chi connectivity index (χ4n) is 7.71. The highest BCUT2D eigenvalue weighted by atomic mass is 16.6. The molecular weight excluding hydrogens is 949 g/mol. The second-order valence-electron chi connectivity index (χ2n) is 19.8. The van der Waals surface area contributed by atoms with Crippen LogP contribution in [0.25, 0.3) is 0 Å². The monoisotopic (exact) mass is 1010 g/mol. The van der Waals surface area contributed by atoms with Crippen molar-refractivity contribution in [1.82, 2.24) is 9.97 Å². The van der Waals surface area contributed by atoms with Gasteiger partial charge in [0.25, 0.3) is 0 Å². The van der Waals surface area contributed by atoms with Gasteiger partial charge in [-0.05, 0) is 164 Å². The minimum absolute atomic E-state index is 0.0115. The molecule has 0 saturated heterocycles. The maximum atomic E-state index is 13.4. The van der Waals surface area contributed by atoms with E-state index in [-0.39, 0.29) is 37.8 Å². The van der Waals surface area contributed by atoms with E-state index in [0.717, 1.165) is 24.0 Å². The van der Waals surface area contributed by atoms with Crippen molar-refractivity contribution >= 4 is 29.8 Å². The molecule has 0 radical (unpaired) electrons. The normalized spacial score (nSPS) is 12.2. The second-order valence-corrected chi connectivity index (χ2v) is 19.8. The summed E-state index contributed by atoms with van der Waals surface area (Å²) in [5, 5.41) is 48.1. The molecule has 2 heterocycles. The molecule has 1 unspecified atom stereocenters. The Kier molecular flexibility index (Phi) is 18.1. The van der Waals surface area contributed by atoms with Crippen LogP contribution in [-0.2, 0) is 35.8 Å². The molecule has 7 rings (SSSR count). The SMILES string of the molecule is Cc1ncc(CN(C(=O)OC(C)(C)C)c2ccc(C#N)cc2)c(C(O)C2CC2)c1OCc1cccc(C#N)c1.Cc1ncc(CN(C(=O)OC(C)(C)C)c2ccc(C#N)cc2)c(C=O)c1OCc1cccc(C#N)c1. The van der Waals surface area contributed by atoms with Crippen LogP contribution in [0, 0.1) is 65.1 Å². The van der Waals surface area contributed by atoms with Gasteiger partial charge in [-0.2, -0.15) is 21.0 Å². The molecular formula is C59H58N8O8. The van der Waals surface area contributed by atoms with Crippen LogP contribution in [0.3, 0.4) is 0 Å². The lowest BCUT2D eigenvalue weighted by Gasteiger charge is -2.29. The first-order valence-corrected chi connectivity index (χ1v) is 24.1. The van der Waals surface area contributed by atoms with E-state index in [9.17, 15) is 30.0 Å². The number of rotatable bonds is 15. The lowest BCUT2D eigenvalue weighted by molar-refractivity contribution is 0.0566. The first-order chi connectivity index (χ1) is 35.7. The maximum absolute atomic E-state index is 13.4. The number of anilines is 2. The van der Waals surface area contributed by atoms with Gasteiger partial charge in [0.2, 0.25) is 0 Å². The molecule has 16 heteroatoms. The van der Waals surface area contributed by atoms with Gasteiger partial charge in [0.05, 0.1) is 82.7 Å². The summed E-state index contributed by atoms with van der Waals surface area (Å²) in [6.45, 7) is 14.6. The Bertz CT molecular complexity index is 3200. The lowest BCUT2D eigenvalue weighted by atomic mass is 9.98. The van der Waals surface area contributed by atoms with E-state index in [4.69, 9.17) is 29.5 Å². The molecule has 16 nitrogen and oxygen atoms in total. The number of benzene rings is 4. The number of pyridine rings is 2. The van der Waals surface area contributed by atoms with Gasteiger partial charge >= 0.3 is 12.2 Å². The van der Waals surface area contributed by atoms with Crippen LogP contribution in [-0.4, -0.2) is 44.7 Å². The molecule has 0 spiro atoms. The minimum atomic E-state index is -0.788. The molecule has 0 aliphatic heterocycles. The van der Waals surface area contributed by atoms with Gasteiger partial charge in [0.1, 0.15) is 30.2 Å². The lowest BCUT2D eigenvalue weighted by Crippen LogP contribution is -2.37. The number of aliphatic hydroxyl groups excluding tert-OH is 1. The Labute approximate surface area is 437 Å². The molecule has 0 bridgehead atoms. The highest BCUT2D eigenvalue weighted by Gasteiger charge is 2.36. The summed E-state index contributed by atoms with van der Waals surface area (Å²) in [6.07, 6.45) is 3.72. The second kappa shape index (κ2) is 24.6. The Hall–Kier alpha value is -9.09. The molecule has 382 valence electrons. The molecule has 2 amide bonds. The van der Waals surface area contributed by atoms with E-state index in [1.54, 1.807) is 140 Å². The van der Waals surface area contributed by atoms with Crippen LogP contribution in [0.15, 0.2) is 109 Å². The Morgan fingerprint density at radius 1 is 0.640 bits per heavy atom. The number of carbonyl (C=O) groups excluding carboxylic acids is 3. The van der Waals surface area contributed by atoms with Crippen LogP contribution >= 0.6 is 0 Å². The number of aldehydes is 1. The number of hydrogen-bond acceptors (Lipinski definition) is 14. The zero-order chi connectivity index (χ0) is 54.5. The Balaban J connectivity index is 0.000000245. The third-order valence-electron chi connectivity index (χ3n) is 11.5. The predicted molar refractivity (Wildman–Crippen MR) is 279 cm³/mol. The summed E-state index contributed by atoms with van der Waals surface area (Å²) in [5.41, 5.74) is 6.22.